The molecule has 106 valence electrons. The molecule has 1 aromatic carbocycles. The van der Waals surface area contributed by atoms with Crippen molar-refractivity contribution in [3.05, 3.63) is 45.6 Å². The molecule has 0 aliphatic carbocycles. The number of benzene rings is 1. The van der Waals surface area contributed by atoms with Crippen LogP contribution in [0.25, 0.3) is 0 Å². The molecule has 0 saturated carbocycles. The first-order valence-electron chi connectivity index (χ1n) is 6.36. The highest BCUT2D eigenvalue weighted by Crippen LogP contribution is 2.22. The fraction of sp³-hybridized carbons (Fsp3) is 0.286. The number of nitrogens with zero attached hydrogens (tertiary/aromatic N) is 1. The zero-order valence-corrected chi connectivity index (χ0v) is 12.6. The number of anilines is 1. The Morgan fingerprint density at radius 2 is 2.15 bits per heavy atom. The Balaban J connectivity index is 1.88. The first-order chi connectivity index (χ1) is 9.58. The average Bonchev–Trinajstić information content (AvgIpc) is 2.85. The smallest absolute Gasteiger partial charge is 0.225 e. The summed E-state index contributed by atoms with van der Waals surface area (Å²) in [5.41, 5.74) is 1.89. The average molecular weight is 312 g/mol. The van der Waals surface area contributed by atoms with E-state index in [4.69, 9.17) is 23.2 Å². The van der Waals surface area contributed by atoms with Gasteiger partial charge in [-0.2, -0.15) is 5.10 Å². The van der Waals surface area contributed by atoms with Crippen LogP contribution in [0.5, 0.6) is 0 Å². The Hall–Kier alpha value is -1.52. The van der Waals surface area contributed by atoms with Crippen molar-refractivity contribution in [1.29, 1.82) is 0 Å². The minimum Gasteiger partial charge on any atom is -0.309 e. The SMILES string of the molecule is CCc1cc(NC(=O)CCc2ccc(Cl)cc2Cl)n[nH]1. The maximum Gasteiger partial charge on any atom is 0.225 e. The molecule has 1 heterocycles. The topological polar surface area (TPSA) is 57.8 Å². The summed E-state index contributed by atoms with van der Waals surface area (Å²) in [4.78, 5) is 11.8. The van der Waals surface area contributed by atoms with Gasteiger partial charge >= 0.3 is 0 Å². The molecule has 20 heavy (non-hydrogen) atoms. The highest BCUT2D eigenvalue weighted by Gasteiger charge is 2.08. The molecule has 2 N–H and O–H groups in total. The van der Waals surface area contributed by atoms with Crippen molar-refractivity contribution in [1.82, 2.24) is 10.2 Å². The molecule has 0 atom stereocenters. The molecule has 2 aromatic rings. The number of H-pyrrole nitrogens is 1. The monoisotopic (exact) mass is 311 g/mol. The zero-order chi connectivity index (χ0) is 14.5. The Labute approximate surface area is 127 Å². The van der Waals surface area contributed by atoms with Gasteiger partial charge in [0.25, 0.3) is 0 Å². The third-order valence-corrected chi connectivity index (χ3v) is 3.50. The second kappa shape index (κ2) is 6.77. The van der Waals surface area contributed by atoms with E-state index in [-0.39, 0.29) is 5.91 Å². The highest BCUT2D eigenvalue weighted by molar-refractivity contribution is 6.35. The summed E-state index contributed by atoms with van der Waals surface area (Å²) in [5.74, 6) is 0.458. The van der Waals surface area contributed by atoms with E-state index in [1.807, 2.05) is 19.1 Å². The number of aromatic amines is 1. The second-order valence-corrected chi connectivity index (χ2v) is 5.26. The summed E-state index contributed by atoms with van der Waals surface area (Å²) in [6, 6.07) is 7.11. The lowest BCUT2D eigenvalue weighted by Gasteiger charge is -2.05. The standard InChI is InChI=1S/C14H15Cl2N3O/c1-2-11-8-13(19-18-11)17-14(20)6-4-9-3-5-10(15)7-12(9)16/h3,5,7-8H,2,4,6H2,1H3,(H2,17,18,19,20). The number of hydrogen-bond acceptors (Lipinski definition) is 2. The number of hydrogen-bond donors (Lipinski definition) is 2. The summed E-state index contributed by atoms with van der Waals surface area (Å²) in [6.45, 7) is 2.02. The first-order valence-corrected chi connectivity index (χ1v) is 7.12. The summed E-state index contributed by atoms with van der Waals surface area (Å²) in [5, 5.41) is 10.8. The van der Waals surface area contributed by atoms with Crippen molar-refractivity contribution in [2.45, 2.75) is 26.2 Å². The van der Waals surface area contributed by atoms with Crippen LogP contribution in [0.15, 0.2) is 24.3 Å². The van der Waals surface area contributed by atoms with Gasteiger partial charge in [-0.25, -0.2) is 0 Å². The number of amides is 1. The summed E-state index contributed by atoms with van der Waals surface area (Å²) in [7, 11) is 0. The van der Waals surface area contributed by atoms with Gasteiger partial charge in [-0.05, 0) is 30.5 Å². The number of halogens is 2. The van der Waals surface area contributed by atoms with Crippen molar-refractivity contribution in [2.24, 2.45) is 0 Å². The van der Waals surface area contributed by atoms with Crippen molar-refractivity contribution < 1.29 is 4.79 Å². The molecule has 0 aliphatic heterocycles. The van der Waals surface area contributed by atoms with Crippen LogP contribution in [0.3, 0.4) is 0 Å². The summed E-state index contributed by atoms with van der Waals surface area (Å²) >= 11 is 11.9. The quantitative estimate of drug-likeness (QED) is 0.881. The molecule has 0 bridgehead atoms. The lowest BCUT2D eigenvalue weighted by molar-refractivity contribution is -0.116. The molecule has 6 heteroatoms. The predicted octanol–water partition coefficient (Wildman–Crippen LogP) is 3.85. The van der Waals surface area contributed by atoms with Crippen LogP contribution in [0.4, 0.5) is 5.82 Å². The van der Waals surface area contributed by atoms with Gasteiger partial charge in [0.15, 0.2) is 5.82 Å². The van der Waals surface area contributed by atoms with Crippen LogP contribution in [0, 0.1) is 0 Å². The second-order valence-electron chi connectivity index (χ2n) is 4.42. The fourth-order valence-corrected chi connectivity index (χ4v) is 2.29. The molecule has 4 nitrogen and oxygen atoms in total. The van der Waals surface area contributed by atoms with Gasteiger partial charge in [0.05, 0.1) is 0 Å². The van der Waals surface area contributed by atoms with E-state index in [0.717, 1.165) is 17.7 Å². The zero-order valence-electron chi connectivity index (χ0n) is 11.0. The van der Waals surface area contributed by atoms with Gasteiger partial charge < -0.3 is 5.32 Å². The number of aryl methyl sites for hydroxylation is 2. The maximum atomic E-state index is 11.8. The minimum absolute atomic E-state index is 0.0924. The third kappa shape index (κ3) is 3.99. The van der Waals surface area contributed by atoms with Crippen molar-refractivity contribution in [3.8, 4) is 0 Å². The molecule has 0 spiro atoms. The van der Waals surface area contributed by atoms with E-state index < -0.39 is 0 Å². The minimum atomic E-state index is -0.0924. The molecule has 0 saturated heterocycles. The third-order valence-electron chi connectivity index (χ3n) is 2.92. The van der Waals surface area contributed by atoms with Crippen LogP contribution in [0.1, 0.15) is 24.6 Å². The van der Waals surface area contributed by atoms with Crippen molar-refractivity contribution >= 4 is 34.9 Å². The largest absolute Gasteiger partial charge is 0.309 e. The van der Waals surface area contributed by atoms with Gasteiger partial charge in [-0.15, -0.1) is 0 Å². The number of nitrogens with one attached hydrogen (secondary N) is 2. The predicted molar refractivity (Wildman–Crippen MR) is 81.4 cm³/mol. The van der Waals surface area contributed by atoms with Crippen LogP contribution >= 0.6 is 23.2 Å². The molecule has 2 rings (SSSR count). The normalized spacial score (nSPS) is 10.6. The van der Waals surface area contributed by atoms with E-state index in [0.29, 0.717) is 28.7 Å². The van der Waals surface area contributed by atoms with Gasteiger partial charge in [0.1, 0.15) is 0 Å². The van der Waals surface area contributed by atoms with Gasteiger partial charge in [-0.3, -0.25) is 9.89 Å². The molecule has 0 unspecified atom stereocenters. The van der Waals surface area contributed by atoms with Crippen molar-refractivity contribution in [3.63, 3.8) is 0 Å². The molecular formula is C14H15Cl2N3O. The molecular weight excluding hydrogens is 297 g/mol. The molecule has 0 aliphatic rings. The van der Waals surface area contributed by atoms with Gasteiger partial charge in [-0.1, -0.05) is 36.2 Å². The van der Waals surface area contributed by atoms with Crippen molar-refractivity contribution in [2.75, 3.05) is 5.32 Å². The van der Waals surface area contributed by atoms with E-state index in [1.165, 1.54) is 0 Å². The number of carbonyl (C=O) groups is 1. The van der Waals surface area contributed by atoms with E-state index >= 15 is 0 Å². The van der Waals surface area contributed by atoms with E-state index in [9.17, 15) is 4.79 Å². The number of aromatic nitrogens is 2. The number of carbonyl (C=O) groups excluding carboxylic acids is 1. The van der Waals surface area contributed by atoms with Crippen LogP contribution in [0.2, 0.25) is 10.0 Å². The van der Waals surface area contributed by atoms with E-state index in [1.54, 1.807) is 12.1 Å². The Morgan fingerprint density at radius 3 is 2.80 bits per heavy atom. The Bertz CT molecular complexity index is 610. The van der Waals surface area contributed by atoms with Gasteiger partial charge in [0.2, 0.25) is 5.91 Å². The maximum absolute atomic E-state index is 11.8. The molecule has 1 amide bonds. The molecule has 1 aromatic heterocycles. The first kappa shape index (κ1) is 14.9. The molecule has 0 fully saturated rings. The Morgan fingerprint density at radius 1 is 1.35 bits per heavy atom. The van der Waals surface area contributed by atoms with Crippen LogP contribution in [-0.2, 0) is 17.6 Å². The lowest BCUT2D eigenvalue weighted by atomic mass is 10.1. The van der Waals surface area contributed by atoms with Crippen LogP contribution < -0.4 is 5.32 Å². The van der Waals surface area contributed by atoms with Gasteiger partial charge in [0, 0.05) is 28.2 Å². The Kier molecular flexibility index (Phi) is 5.04. The molecule has 0 radical (unpaired) electrons. The number of rotatable bonds is 5. The fourth-order valence-electron chi connectivity index (χ4n) is 1.78. The summed E-state index contributed by atoms with van der Waals surface area (Å²) in [6.07, 6.45) is 1.76. The van der Waals surface area contributed by atoms with Crippen LogP contribution in [-0.4, -0.2) is 16.1 Å². The summed E-state index contributed by atoms with van der Waals surface area (Å²) < 4.78 is 0. The lowest BCUT2D eigenvalue weighted by Crippen LogP contribution is -2.12. The van der Waals surface area contributed by atoms with E-state index in [2.05, 4.69) is 15.5 Å². The highest BCUT2D eigenvalue weighted by atomic mass is 35.5.